The summed E-state index contributed by atoms with van der Waals surface area (Å²) in [6.07, 6.45) is -0.0926. The lowest BCUT2D eigenvalue weighted by molar-refractivity contribution is -0.129. The molecule has 162 valence electrons. The van der Waals surface area contributed by atoms with E-state index >= 15 is 0 Å². The molecule has 2 rings (SSSR count). The Hall–Kier alpha value is -3.22. The molecule has 0 unspecified atom stereocenters. The Morgan fingerprint density at radius 3 is 2.17 bits per heavy atom. The van der Waals surface area contributed by atoms with Crippen molar-refractivity contribution in [2.24, 2.45) is 0 Å². The van der Waals surface area contributed by atoms with Gasteiger partial charge in [0, 0.05) is 12.5 Å². The fourth-order valence-electron chi connectivity index (χ4n) is 3.13. The summed E-state index contributed by atoms with van der Waals surface area (Å²) in [5, 5.41) is 2.87. The van der Waals surface area contributed by atoms with E-state index in [2.05, 4.69) is 12.2 Å². The summed E-state index contributed by atoms with van der Waals surface area (Å²) < 4.78 is 21.2. The average molecular weight is 415 g/mol. The van der Waals surface area contributed by atoms with E-state index < -0.39 is 12.1 Å². The Kier molecular flexibility index (Phi) is 8.53. The highest BCUT2D eigenvalue weighted by atomic mass is 16.6. The first-order valence-electron chi connectivity index (χ1n) is 9.79. The molecule has 0 fully saturated rings. The SMILES string of the molecule is CC[C@@H](CNC(=O)[C@H](C)OC(=O)c1ccc(OC)c(OC)c1OC)c1ccccc1. The number of methoxy groups -OCH3 is 3. The molecule has 0 aliphatic rings. The highest BCUT2D eigenvalue weighted by molar-refractivity contribution is 5.96. The molecule has 0 saturated heterocycles. The normalized spacial score (nSPS) is 12.4. The summed E-state index contributed by atoms with van der Waals surface area (Å²) in [7, 11) is 4.35. The van der Waals surface area contributed by atoms with Crippen LogP contribution in [0.5, 0.6) is 17.2 Å². The molecule has 1 amide bonds. The van der Waals surface area contributed by atoms with Crippen LogP contribution in [-0.4, -0.2) is 45.9 Å². The number of nitrogens with one attached hydrogen (secondary N) is 1. The minimum atomic E-state index is -0.969. The molecule has 7 nitrogen and oxygen atoms in total. The van der Waals surface area contributed by atoms with Crippen LogP contribution in [0.2, 0.25) is 0 Å². The Bertz CT molecular complexity index is 852. The smallest absolute Gasteiger partial charge is 0.342 e. The van der Waals surface area contributed by atoms with Gasteiger partial charge in [-0.25, -0.2) is 4.79 Å². The maximum Gasteiger partial charge on any atom is 0.342 e. The number of esters is 1. The van der Waals surface area contributed by atoms with E-state index in [-0.39, 0.29) is 28.9 Å². The highest BCUT2D eigenvalue weighted by Crippen LogP contribution is 2.40. The zero-order chi connectivity index (χ0) is 22.1. The molecule has 2 aromatic rings. The number of benzene rings is 2. The Balaban J connectivity index is 2.04. The largest absolute Gasteiger partial charge is 0.493 e. The van der Waals surface area contributed by atoms with Gasteiger partial charge in [0.25, 0.3) is 5.91 Å². The molecule has 0 bridgehead atoms. The van der Waals surface area contributed by atoms with Gasteiger partial charge in [-0.3, -0.25) is 4.79 Å². The van der Waals surface area contributed by atoms with Crippen molar-refractivity contribution in [3.63, 3.8) is 0 Å². The molecule has 1 N–H and O–H groups in total. The van der Waals surface area contributed by atoms with Gasteiger partial charge in [-0.1, -0.05) is 37.3 Å². The van der Waals surface area contributed by atoms with Crippen molar-refractivity contribution in [2.75, 3.05) is 27.9 Å². The van der Waals surface area contributed by atoms with Gasteiger partial charge in [-0.2, -0.15) is 0 Å². The first kappa shape index (κ1) is 23.1. The van der Waals surface area contributed by atoms with Gasteiger partial charge in [0.1, 0.15) is 5.56 Å². The summed E-state index contributed by atoms with van der Waals surface area (Å²) in [5.41, 5.74) is 1.30. The maximum atomic E-state index is 12.6. The third-order valence-electron chi connectivity index (χ3n) is 4.86. The lowest BCUT2D eigenvalue weighted by atomic mass is 9.96. The Morgan fingerprint density at radius 1 is 0.933 bits per heavy atom. The molecule has 0 saturated carbocycles. The van der Waals surface area contributed by atoms with Crippen molar-refractivity contribution < 1.29 is 28.5 Å². The van der Waals surface area contributed by atoms with Crippen molar-refractivity contribution in [1.82, 2.24) is 5.32 Å². The zero-order valence-electron chi connectivity index (χ0n) is 18.1. The third kappa shape index (κ3) is 5.43. The van der Waals surface area contributed by atoms with E-state index in [4.69, 9.17) is 18.9 Å². The van der Waals surface area contributed by atoms with Crippen molar-refractivity contribution in [3.05, 3.63) is 53.6 Å². The molecule has 30 heavy (non-hydrogen) atoms. The van der Waals surface area contributed by atoms with Gasteiger partial charge in [0.05, 0.1) is 21.3 Å². The number of amides is 1. The van der Waals surface area contributed by atoms with Gasteiger partial charge < -0.3 is 24.3 Å². The fourth-order valence-corrected chi connectivity index (χ4v) is 3.13. The van der Waals surface area contributed by atoms with Crippen molar-refractivity contribution >= 4 is 11.9 Å². The Labute approximate surface area is 177 Å². The predicted molar refractivity (Wildman–Crippen MR) is 113 cm³/mol. The number of ether oxygens (including phenoxy) is 4. The summed E-state index contributed by atoms with van der Waals surface area (Å²) in [6, 6.07) is 13.1. The van der Waals surface area contributed by atoms with Crippen LogP contribution in [0.3, 0.4) is 0 Å². The topological polar surface area (TPSA) is 83.1 Å². The van der Waals surface area contributed by atoms with Crippen LogP contribution < -0.4 is 19.5 Å². The molecule has 2 atom stereocenters. The van der Waals surface area contributed by atoms with Crippen LogP contribution >= 0.6 is 0 Å². The quantitative estimate of drug-likeness (QED) is 0.598. The minimum absolute atomic E-state index is 0.144. The molecule has 0 aliphatic heterocycles. The molecule has 0 spiro atoms. The lowest BCUT2D eigenvalue weighted by Gasteiger charge is -2.19. The first-order chi connectivity index (χ1) is 14.5. The second kappa shape index (κ2) is 11.1. The molecular weight excluding hydrogens is 386 g/mol. The van der Waals surface area contributed by atoms with Gasteiger partial charge >= 0.3 is 5.97 Å². The van der Waals surface area contributed by atoms with Crippen LogP contribution in [0.1, 0.15) is 42.1 Å². The van der Waals surface area contributed by atoms with E-state index in [1.54, 1.807) is 6.07 Å². The van der Waals surface area contributed by atoms with E-state index in [1.165, 1.54) is 34.3 Å². The number of carbonyl (C=O) groups is 2. The zero-order valence-corrected chi connectivity index (χ0v) is 18.1. The van der Waals surface area contributed by atoms with Crippen molar-refractivity contribution in [2.45, 2.75) is 32.3 Å². The van der Waals surface area contributed by atoms with Gasteiger partial charge in [-0.15, -0.1) is 0 Å². The summed E-state index contributed by atoms with van der Waals surface area (Å²) in [6.45, 7) is 4.06. The average Bonchev–Trinajstić information content (AvgIpc) is 2.78. The van der Waals surface area contributed by atoms with E-state index in [1.807, 2.05) is 30.3 Å². The molecular formula is C23H29NO6. The summed E-state index contributed by atoms with van der Waals surface area (Å²) in [5.74, 6) is 0.0136. The van der Waals surface area contributed by atoms with Crippen molar-refractivity contribution in [3.8, 4) is 17.2 Å². The molecule has 2 aromatic carbocycles. The number of carbonyl (C=O) groups excluding carboxylic acids is 2. The maximum absolute atomic E-state index is 12.6. The first-order valence-corrected chi connectivity index (χ1v) is 9.79. The standard InChI is InChI=1S/C23H29NO6/c1-6-16(17-10-8-7-9-11-17)14-24-22(25)15(2)30-23(26)18-12-13-19(27-3)21(29-5)20(18)28-4/h7-13,15-16H,6,14H2,1-5H3,(H,24,25)/t15-,16-/m0/s1. The van der Waals surface area contributed by atoms with Crippen LogP contribution in [0, 0.1) is 0 Å². The van der Waals surface area contributed by atoms with E-state index in [0.717, 1.165) is 12.0 Å². The van der Waals surface area contributed by atoms with Crippen LogP contribution in [0.15, 0.2) is 42.5 Å². The van der Waals surface area contributed by atoms with Gasteiger partial charge in [0.15, 0.2) is 17.6 Å². The monoisotopic (exact) mass is 415 g/mol. The lowest BCUT2D eigenvalue weighted by Crippen LogP contribution is -2.38. The molecule has 0 aliphatic carbocycles. The predicted octanol–water partition coefficient (Wildman–Crippen LogP) is 3.57. The second-order valence-electron chi connectivity index (χ2n) is 6.69. The fraction of sp³-hybridized carbons (Fsp3) is 0.391. The molecule has 7 heteroatoms. The summed E-state index contributed by atoms with van der Waals surface area (Å²) >= 11 is 0. The second-order valence-corrected chi connectivity index (χ2v) is 6.69. The van der Waals surface area contributed by atoms with Crippen LogP contribution in [0.4, 0.5) is 0 Å². The Morgan fingerprint density at radius 2 is 1.60 bits per heavy atom. The number of rotatable bonds is 10. The van der Waals surface area contributed by atoms with E-state index in [0.29, 0.717) is 12.3 Å². The molecule has 0 heterocycles. The van der Waals surface area contributed by atoms with Gasteiger partial charge in [-0.05, 0) is 31.0 Å². The van der Waals surface area contributed by atoms with Crippen LogP contribution in [0.25, 0.3) is 0 Å². The van der Waals surface area contributed by atoms with Crippen molar-refractivity contribution in [1.29, 1.82) is 0 Å². The molecule has 0 radical (unpaired) electrons. The van der Waals surface area contributed by atoms with Crippen LogP contribution in [-0.2, 0) is 9.53 Å². The van der Waals surface area contributed by atoms with Gasteiger partial charge in [0.2, 0.25) is 5.75 Å². The van der Waals surface area contributed by atoms with E-state index in [9.17, 15) is 9.59 Å². The molecule has 0 aromatic heterocycles. The third-order valence-corrected chi connectivity index (χ3v) is 4.86. The number of hydrogen-bond donors (Lipinski definition) is 1. The number of hydrogen-bond acceptors (Lipinski definition) is 6. The summed E-state index contributed by atoms with van der Waals surface area (Å²) in [4.78, 5) is 25.1. The highest BCUT2D eigenvalue weighted by Gasteiger charge is 2.25. The minimum Gasteiger partial charge on any atom is -0.493 e.